The molecule has 3 rings (SSSR count). The fraction of sp³-hybridized carbons (Fsp3) is 0.818. The second-order valence-electron chi connectivity index (χ2n) is 15.4. The molecule has 1 saturated carbocycles. The third-order valence-corrected chi connectivity index (χ3v) is 10.5. The minimum atomic E-state index is -4.65. The van der Waals surface area contributed by atoms with Crippen molar-refractivity contribution in [3.05, 3.63) is 0 Å². The first-order valence-corrected chi connectivity index (χ1v) is 16.8. The van der Waals surface area contributed by atoms with Crippen LogP contribution in [-0.2, 0) is 33.4 Å². The number of carbonyl (C=O) groups is 6. The van der Waals surface area contributed by atoms with Gasteiger partial charge in [0.05, 0.1) is 19.3 Å². The van der Waals surface area contributed by atoms with Gasteiger partial charge in [0.2, 0.25) is 17.6 Å². The molecule has 0 aromatic carbocycles. The lowest BCUT2D eigenvalue weighted by Crippen LogP contribution is -2.62. The van der Waals surface area contributed by atoms with Gasteiger partial charge in [-0.05, 0) is 36.0 Å². The van der Waals surface area contributed by atoms with Crippen LogP contribution in [0.2, 0.25) is 0 Å². The largest absolute Gasteiger partial charge is 0.458 e. The molecule has 0 bridgehead atoms. The third kappa shape index (κ3) is 8.84. The van der Waals surface area contributed by atoms with Crippen LogP contribution in [0.25, 0.3) is 0 Å². The number of ether oxygens (including phenoxy) is 2. The fourth-order valence-electron chi connectivity index (χ4n) is 6.76. The first kappa shape index (κ1) is 40.0. The normalized spacial score (nSPS) is 27.6. The van der Waals surface area contributed by atoms with E-state index < -0.39 is 95.1 Å². The SMILES string of the molecule is CNC(=O)C(=O)C(CCC(F)(F)F)NC(=O)[C@@H]1C[C@@H](C(C)C)CN1C(=O)[C@@H](NC(=O)NC1(C(=O)OC2CCOC2)C(C)C1(C)C)C(C)(C)C. The Hall–Kier alpha value is -3.43. The van der Waals surface area contributed by atoms with E-state index in [9.17, 15) is 41.9 Å². The fourth-order valence-corrected chi connectivity index (χ4v) is 6.76. The zero-order chi connectivity index (χ0) is 37.3. The average molecular weight is 704 g/mol. The van der Waals surface area contributed by atoms with Crippen molar-refractivity contribution in [2.24, 2.45) is 28.6 Å². The maximum absolute atomic E-state index is 14.3. The van der Waals surface area contributed by atoms with E-state index >= 15 is 0 Å². The highest BCUT2D eigenvalue weighted by atomic mass is 19.4. The number of urea groups is 1. The van der Waals surface area contributed by atoms with Crippen LogP contribution in [0, 0.1) is 28.6 Å². The molecule has 0 radical (unpaired) electrons. The van der Waals surface area contributed by atoms with E-state index in [0.717, 1.165) is 7.05 Å². The maximum Gasteiger partial charge on any atom is 0.389 e. The maximum atomic E-state index is 14.3. The number of rotatable bonds is 12. The Morgan fingerprint density at radius 1 is 1.04 bits per heavy atom. The number of Topliss-reactive ketones (excluding diaryl/α,β-unsaturated/α-hetero) is 1. The molecule has 0 spiro atoms. The van der Waals surface area contributed by atoms with E-state index in [2.05, 4.69) is 21.3 Å². The number of carbonyl (C=O) groups excluding carboxylic acids is 6. The van der Waals surface area contributed by atoms with Crippen LogP contribution < -0.4 is 21.3 Å². The van der Waals surface area contributed by atoms with Crippen molar-refractivity contribution in [1.82, 2.24) is 26.2 Å². The minimum absolute atomic E-state index is 0.000644. The standard InChI is InChI=1S/C33H52F3N5O8/c1-17(2)19-14-22(25(43)38-21(10-12-32(34,35)36)23(42)26(44)37-9)41(15-19)27(45)24(30(4,5)6)39-29(47)40-33(18(3)31(33,7)8)28(46)49-20-11-13-48-16-20/h17-22,24H,10-16H2,1-9H3,(H,37,44)(H,38,43)(H2,39,40,47)/t18?,19-,20?,21?,22+,24-,33?/m1/s1. The molecule has 4 N–H and O–H groups in total. The summed E-state index contributed by atoms with van der Waals surface area (Å²) < 4.78 is 50.2. The summed E-state index contributed by atoms with van der Waals surface area (Å²) in [5.41, 5.74) is -2.94. The summed E-state index contributed by atoms with van der Waals surface area (Å²) in [5, 5.41) is 9.88. The Balaban J connectivity index is 1.85. The lowest BCUT2D eigenvalue weighted by atomic mass is 9.85. The predicted molar refractivity (Wildman–Crippen MR) is 171 cm³/mol. The molecular formula is C33H52F3N5O8. The van der Waals surface area contributed by atoms with Gasteiger partial charge in [0.15, 0.2) is 0 Å². The summed E-state index contributed by atoms with van der Waals surface area (Å²) in [4.78, 5) is 81.0. The van der Waals surface area contributed by atoms with Crippen LogP contribution in [0.1, 0.15) is 81.1 Å². The van der Waals surface area contributed by atoms with Crippen molar-refractivity contribution in [1.29, 1.82) is 0 Å². The van der Waals surface area contributed by atoms with Gasteiger partial charge in [-0.25, -0.2) is 9.59 Å². The van der Waals surface area contributed by atoms with Crippen molar-refractivity contribution >= 4 is 35.5 Å². The van der Waals surface area contributed by atoms with Gasteiger partial charge >= 0.3 is 18.2 Å². The van der Waals surface area contributed by atoms with Crippen molar-refractivity contribution in [3.8, 4) is 0 Å². The van der Waals surface area contributed by atoms with Crippen LogP contribution >= 0.6 is 0 Å². The van der Waals surface area contributed by atoms with Gasteiger partial charge in [-0.2, -0.15) is 13.2 Å². The number of ketones is 1. The zero-order valence-corrected chi connectivity index (χ0v) is 29.8. The van der Waals surface area contributed by atoms with E-state index in [1.807, 2.05) is 34.6 Å². The molecule has 16 heteroatoms. The number of nitrogens with one attached hydrogen (secondary N) is 4. The van der Waals surface area contributed by atoms with Crippen LogP contribution in [-0.4, -0.2) is 103 Å². The van der Waals surface area contributed by atoms with Gasteiger partial charge in [0, 0.05) is 31.8 Å². The number of hydrogen-bond donors (Lipinski definition) is 4. The summed E-state index contributed by atoms with van der Waals surface area (Å²) in [6.07, 6.45) is -6.70. The van der Waals surface area contributed by atoms with Crippen LogP contribution in [0.4, 0.5) is 18.0 Å². The molecule has 13 nitrogen and oxygen atoms in total. The smallest absolute Gasteiger partial charge is 0.389 e. The zero-order valence-electron chi connectivity index (χ0n) is 29.8. The third-order valence-electron chi connectivity index (χ3n) is 10.5. The molecule has 5 amide bonds. The van der Waals surface area contributed by atoms with Crippen LogP contribution in [0.15, 0.2) is 0 Å². The molecule has 3 aliphatic rings. The highest BCUT2D eigenvalue weighted by Crippen LogP contribution is 2.62. The highest BCUT2D eigenvalue weighted by molar-refractivity contribution is 6.38. The molecule has 2 saturated heterocycles. The molecule has 0 aromatic heterocycles. The molecule has 2 aliphatic heterocycles. The number of likely N-dealkylation sites (N-methyl/N-ethyl adjacent to an activating group) is 1. The number of amides is 5. The van der Waals surface area contributed by atoms with E-state index in [4.69, 9.17) is 9.47 Å². The summed E-state index contributed by atoms with van der Waals surface area (Å²) in [6, 6.07) is -4.98. The van der Waals surface area contributed by atoms with E-state index in [1.54, 1.807) is 20.8 Å². The van der Waals surface area contributed by atoms with Crippen molar-refractivity contribution < 1.29 is 51.4 Å². The van der Waals surface area contributed by atoms with Crippen molar-refractivity contribution in [3.63, 3.8) is 0 Å². The van der Waals surface area contributed by atoms with Gasteiger partial charge in [-0.1, -0.05) is 55.4 Å². The second-order valence-corrected chi connectivity index (χ2v) is 15.4. The molecule has 4 unspecified atom stereocenters. The Morgan fingerprint density at radius 3 is 2.12 bits per heavy atom. The van der Waals surface area contributed by atoms with Gasteiger partial charge in [0.25, 0.3) is 5.91 Å². The van der Waals surface area contributed by atoms with E-state index in [1.165, 1.54) is 4.90 Å². The number of alkyl halides is 3. The lowest BCUT2D eigenvalue weighted by molar-refractivity contribution is -0.154. The topological polar surface area (TPSA) is 172 Å². The monoisotopic (exact) mass is 703 g/mol. The van der Waals surface area contributed by atoms with Gasteiger partial charge in [-0.3, -0.25) is 19.2 Å². The molecule has 49 heavy (non-hydrogen) atoms. The number of nitrogens with zero attached hydrogens (tertiary/aromatic N) is 1. The first-order chi connectivity index (χ1) is 22.5. The summed E-state index contributed by atoms with van der Waals surface area (Å²) in [6.45, 7) is 15.2. The van der Waals surface area contributed by atoms with Crippen LogP contribution in [0.5, 0.6) is 0 Å². The van der Waals surface area contributed by atoms with Crippen LogP contribution in [0.3, 0.4) is 0 Å². The van der Waals surface area contributed by atoms with Gasteiger partial charge < -0.3 is 35.6 Å². The Kier molecular flexibility index (Phi) is 12.1. The number of likely N-dealkylation sites (tertiary alicyclic amines) is 1. The lowest BCUT2D eigenvalue weighted by Gasteiger charge is -2.36. The van der Waals surface area contributed by atoms with E-state index in [-0.39, 0.29) is 37.3 Å². The molecule has 0 aromatic rings. The quantitative estimate of drug-likeness (QED) is 0.177. The molecule has 7 atom stereocenters. The van der Waals surface area contributed by atoms with Crippen molar-refractivity contribution in [2.75, 3.05) is 26.8 Å². The van der Waals surface area contributed by atoms with Gasteiger partial charge in [-0.15, -0.1) is 0 Å². The summed E-state index contributed by atoms with van der Waals surface area (Å²) >= 11 is 0. The molecule has 3 fully saturated rings. The molecule has 1 aliphatic carbocycles. The summed E-state index contributed by atoms with van der Waals surface area (Å²) in [7, 11) is 1.14. The number of halogens is 3. The number of esters is 1. The second kappa shape index (κ2) is 14.8. The Morgan fingerprint density at radius 2 is 1.65 bits per heavy atom. The predicted octanol–water partition coefficient (Wildman–Crippen LogP) is 2.46. The van der Waals surface area contributed by atoms with E-state index in [0.29, 0.717) is 13.0 Å². The molecule has 2 heterocycles. The molecule has 278 valence electrons. The highest BCUT2D eigenvalue weighted by Gasteiger charge is 2.75. The Bertz CT molecular complexity index is 1290. The first-order valence-electron chi connectivity index (χ1n) is 16.8. The average Bonchev–Trinajstić information content (AvgIpc) is 3.50. The minimum Gasteiger partial charge on any atom is -0.458 e. The van der Waals surface area contributed by atoms with Gasteiger partial charge in [0.1, 0.15) is 23.7 Å². The van der Waals surface area contributed by atoms with Crippen molar-refractivity contribution in [2.45, 2.75) is 117 Å². The summed E-state index contributed by atoms with van der Waals surface area (Å²) in [5.74, 6) is -5.01. The molecular weight excluding hydrogens is 651 g/mol. The number of hydrogen-bond acceptors (Lipinski definition) is 8. The Labute approximate surface area is 285 Å².